The van der Waals surface area contributed by atoms with Crippen molar-refractivity contribution in [3.8, 4) is 11.5 Å². The lowest BCUT2D eigenvalue weighted by Gasteiger charge is -2.13. The number of imide groups is 1. The fourth-order valence-corrected chi connectivity index (χ4v) is 4.13. The molecule has 0 radical (unpaired) electrons. The van der Waals surface area contributed by atoms with E-state index >= 15 is 0 Å². The van der Waals surface area contributed by atoms with Gasteiger partial charge < -0.3 is 9.47 Å². The average molecular weight is 480 g/mol. The van der Waals surface area contributed by atoms with E-state index in [0.29, 0.717) is 28.0 Å². The summed E-state index contributed by atoms with van der Waals surface area (Å²) in [5.74, 6) is 1.12. The Morgan fingerprint density at radius 2 is 1.52 bits per heavy atom. The third-order valence-corrected chi connectivity index (χ3v) is 6.13. The summed E-state index contributed by atoms with van der Waals surface area (Å²) >= 11 is 6.84. The van der Waals surface area contributed by atoms with Crippen molar-refractivity contribution in [1.82, 2.24) is 4.90 Å². The second-order valence-electron chi connectivity index (χ2n) is 7.48. The maximum absolute atomic E-state index is 12.7. The van der Waals surface area contributed by atoms with E-state index in [1.165, 1.54) is 4.90 Å². The van der Waals surface area contributed by atoms with E-state index in [-0.39, 0.29) is 24.3 Å². The summed E-state index contributed by atoms with van der Waals surface area (Å²) in [6.07, 6.45) is 1.72. The molecular formula is C26H22ClNO4S. The number of carbonyl (C=O) groups excluding carboxylic acids is 2. The summed E-state index contributed by atoms with van der Waals surface area (Å²) in [4.78, 5) is 26.6. The predicted molar refractivity (Wildman–Crippen MR) is 132 cm³/mol. The van der Waals surface area contributed by atoms with Crippen LogP contribution in [0.5, 0.6) is 11.5 Å². The zero-order valence-corrected chi connectivity index (χ0v) is 19.6. The van der Waals surface area contributed by atoms with Gasteiger partial charge in [0.2, 0.25) is 0 Å². The van der Waals surface area contributed by atoms with E-state index < -0.39 is 0 Å². The Kier molecular flexibility index (Phi) is 7.37. The van der Waals surface area contributed by atoms with Crippen LogP contribution in [0, 0.1) is 6.92 Å². The lowest BCUT2D eigenvalue weighted by Crippen LogP contribution is -2.32. The maximum Gasteiger partial charge on any atom is 0.293 e. The molecule has 1 fully saturated rings. The molecule has 0 bridgehead atoms. The minimum atomic E-state index is -0.305. The molecule has 4 rings (SSSR count). The molecule has 3 aromatic carbocycles. The second-order valence-corrected chi connectivity index (χ2v) is 8.91. The zero-order chi connectivity index (χ0) is 23.2. The van der Waals surface area contributed by atoms with Gasteiger partial charge in [-0.1, -0.05) is 53.6 Å². The van der Waals surface area contributed by atoms with Crippen LogP contribution in [0.3, 0.4) is 0 Å². The van der Waals surface area contributed by atoms with Crippen LogP contribution in [0.2, 0.25) is 5.02 Å². The Morgan fingerprint density at radius 1 is 0.879 bits per heavy atom. The Balaban J connectivity index is 1.31. The van der Waals surface area contributed by atoms with Crippen LogP contribution in [0.4, 0.5) is 4.79 Å². The number of aryl methyl sites for hydroxylation is 1. The largest absolute Gasteiger partial charge is 0.492 e. The summed E-state index contributed by atoms with van der Waals surface area (Å²) < 4.78 is 11.4. The number of ether oxygens (including phenoxy) is 2. The first-order valence-corrected chi connectivity index (χ1v) is 11.6. The van der Waals surface area contributed by atoms with Gasteiger partial charge in [-0.3, -0.25) is 14.5 Å². The Morgan fingerprint density at radius 3 is 2.21 bits per heavy atom. The van der Waals surface area contributed by atoms with E-state index in [2.05, 4.69) is 0 Å². The van der Waals surface area contributed by atoms with Crippen LogP contribution in [0.25, 0.3) is 6.08 Å². The number of hydrogen-bond acceptors (Lipinski definition) is 5. The molecule has 0 atom stereocenters. The van der Waals surface area contributed by atoms with E-state index in [1.807, 2.05) is 79.7 Å². The van der Waals surface area contributed by atoms with Crippen molar-refractivity contribution in [2.75, 3.05) is 13.2 Å². The molecule has 0 aliphatic carbocycles. The van der Waals surface area contributed by atoms with Crippen molar-refractivity contribution in [1.29, 1.82) is 0 Å². The van der Waals surface area contributed by atoms with Gasteiger partial charge in [0.05, 0.1) is 11.4 Å². The molecule has 0 unspecified atom stereocenters. The monoisotopic (exact) mass is 479 g/mol. The molecule has 1 aliphatic rings. The van der Waals surface area contributed by atoms with Crippen molar-refractivity contribution in [2.24, 2.45) is 0 Å². The van der Waals surface area contributed by atoms with Crippen molar-refractivity contribution < 1.29 is 19.1 Å². The molecular weight excluding hydrogens is 458 g/mol. The molecule has 1 heterocycles. The third-order valence-electron chi connectivity index (χ3n) is 4.97. The van der Waals surface area contributed by atoms with Gasteiger partial charge in [0.15, 0.2) is 0 Å². The highest BCUT2D eigenvalue weighted by atomic mass is 35.5. The van der Waals surface area contributed by atoms with E-state index in [0.717, 1.165) is 28.5 Å². The van der Waals surface area contributed by atoms with Gasteiger partial charge in [-0.2, -0.15) is 0 Å². The van der Waals surface area contributed by atoms with Gasteiger partial charge in [-0.15, -0.1) is 0 Å². The Bertz CT molecular complexity index is 1160. The van der Waals surface area contributed by atoms with Gasteiger partial charge in [0, 0.05) is 5.02 Å². The molecule has 1 aliphatic heterocycles. The van der Waals surface area contributed by atoms with Crippen molar-refractivity contribution in [2.45, 2.75) is 13.5 Å². The highest BCUT2D eigenvalue weighted by molar-refractivity contribution is 8.18. The summed E-state index contributed by atoms with van der Waals surface area (Å²) in [7, 11) is 0. The van der Waals surface area contributed by atoms with E-state index in [1.54, 1.807) is 6.08 Å². The molecule has 0 N–H and O–H groups in total. The van der Waals surface area contributed by atoms with Crippen molar-refractivity contribution >= 4 is 40.6 Å². The van der Waals surface area contributed by atoms with E-state index in [4.69, 9.17) is 21.1 Å². The molecule has 0 saturated carbocycles. The normalized spacial score (nSPS) is 14.7. The number of amides is 2. The predicted octanol–water partition coefficient (Wildman–Crippen LogP) is 6.34. The second kappa shape index (κ2) is 10.6. The number of benzene rings is 3. The first kappa shape index (κ1) is 23.0. The molecule has 5 nitrogen and oxygen atoms in total. The smallest absolute Gasteiger partial charge is 0.293 e. The fourth-order valence-electron chi connectivity index (χ4n) is 3.14. The number of rotatable bonds is 8. The van der Waals surface area contributed by atoms with Crippen molar-refractivity contribution in [3.05, 3.63) is 99.4 Å². The molecule has 2 amide bonds. The highest BCUT2D eigenvalue weighted by Gasteiger charge is 2.34. The van der Waals surface area contributed by atoms with Gasteiger partial charge in [-0.25, -0.2) is 0 Å². The van der Waals surface area contributed by atoms with Crippen LogP contribution < -0.4 is 9.47 Å². The molecule has 33 heavy (non-hydrogen) atoms. The number of halogens is 1. The SMILES string of the molecule is Cc1ccc(OCCN2C(=O)S/C(=C\c3ccc(OCc4ccc(Cl)cc4)cc3)C2=O)cc1. The summed E-state index contributed by atoms with van der Waals surface area (Å²) in [6, 6.07) is 22.5. The van der Waals surface area contributed by atoms with Crippen LogP contribution in [0.15, 0.2) is 77.7 Å². The molecule has 0 spiro atoms. The number of nitrogens with zero attached hydrogens (tertiary/aromatic N) is 1. The quantitative estimate of drug-likeness (QED) is 0.353. The lowest BCUT2D eigenvalue weighted by atomic mass is 10.2. The first-order valence-electron chi connectivity index (χ1n) is 10.4. The standard InChI is InChI=1S/C26H22ClNO4S/c1-18-2-10-22(11-3-18)31-15-14-28-25(29)24(33-26(28)30)16-19-6-12-23(13-7-19)32-17-20-4-8-21(27)9-5-20/h2-13,16H,14-15,17H2,1H3/b24-16-. The average Bonchev–Trinajstić information content (AvgIpc) is 3.08. The topological polar surface area (TPSA) is 55.8 Å². The van der Waals surface area contributed by atoms with Crippen LogP contribution in [-0.4, -0.2) is 29.2 Å². The Labute approximate surface area is 202 Å². The maximum atomic E-state index is 12.7. The third kappa shape index (κ3) is 6.18. The van der Waals surface area contributed by atoms with Crippen LogP contribution >= 0.6 is 23.4 Å². The molecule has 7 heteroatoms. The number of carbonyl (C=O) groups is 2. The van der Waals surface area contributed by atoms with Gasteiger partial charge in [0.25, 0.3) is 11.1 Å². The zero-order valence-electron chi connectivity index (χ0n) is 18.0. The molecule has 0 aromatic heterocycles. The fraction of sp³-hybridized carbons (Fsp3) is 0.154. The first-order chi connectivity index (χ1) is 16.0. The van der Waals surface area contributed by atoms with Crippen molar-refractivity contribution in [3.63, 3.8) is 0 Å². The minimum absolute atomic E-state index is 0.202. The molecule has 1 saturated heterocycles. The summed E-state index contributed by atoms with van der Waals surface area (Å²) in [6.45, 7) is 2.87. The van der Waals surface area contributed by atoms with Crippen LogP contribution in [0.1, 0.15) is 16.7 Å². The van der Waals surface area contributed by atoms with Crippen LogP contribution in [-0.2, 0) is 11.4 Å². The van der Waals surface area contributed by atoms with E-state index in [9.17, 15) is 9.59 Å². The van der Waals surface area contributed by atoms with Gasteiger partial charge in [-0.05, 0) is 72.3 Å². The molecule has 3 aromatic rings. The van der Waals surface area contributed by atoms with Gasteiger partial charge >= 0.3 is 0 Å². The highest BCUT2D eigenvalue weighted by Crippen LogP contribution is 2.32. The van der Waals surface area contributed by atoms with Gasteiger partial charge in [0.1, 0.15) is 24.7 Å². The minimum Gasteiger partial charge on any atom is -0.492 e. The number of thioether (sulfide) groups is 1. The Hall–Kier alpha value is -3.22. The summed E-state index contributed by atoms with van der Waals surface area (Å²) in [5, 5.41) is 0.396. The summed E-state index contributed by atoms with van der Waals surface area (Å²) in [5.41, 5.74) is 2.97. The number of hydrogen-bond donors (Lipinski definition) is 0. The molecule has 168 valence electrons. The lowest BCUT2D eigenvalue weighted by molar-refractivity contribution is -0.123.